The van der Waals surface area contributed by atoms with Gasteiger partial charge >= 0.3 is 6.09 Å². The number of benzene rings is 2. The van der Waals surface area contributed by atoms with Crippen molar-refractivity contribution < 1.29 is 19.1 Å². The van der Waals surface area contributed by atoms with Crippen LogP contribution in [0.1, 0.15) is 53.0 Å². The fourth-order valence-corrected chi connectivity index (χ4v) is 5.59. The molecule has 0 spiro atoms. The van der Waals surface area contributed by atoms with Crippen LogP contribution >= 0.6 is 0 Å². The van der Waals surface area contributed by atoms with Crippen molar-refractivity contribution in [3.63, 3.8) is 0 Å². The van der Waals surface area contributed by atoms with Gasteiger partial charge in [-0.25, -0.2) is 4.79 Å². The maximum absolute atomic E-state index is 13.5. The molecule has 1 fully saturated rings. The van der Waals surface area contributed by atoms with Gasteiger partial charge in [-0.05, 0) is 44.4 Å². The number of aryl methyl sites for hydroxylation is 1. The van der Waals surface area contributed by atoms with Crippen LogP contribution in [0.5, 0.6) is 0 Å². The van der Waals surface area contributed by atoms with E-state index in [0.29, 0.717) is 38.1 Å². The molecule has 5 rings (SSSR count). The van der Waals surface area contributed by atoms with Crippen LogP contribution in [0.25, 0.3) is 10.9 Å². The van der Waals surface area contributed by atoms with Crippen LogP contribution in [0.4, 0.5) is 4.79 Å². The number of ether oxygens (including phenoxy) is 1. The molecule has 0 aliphatic carbocycles. The van der Waals surface area contributed by atoms with Crippen molar-refractivity contribution in [2.45, 2.75) is 38.8 Å². The van der Waals surface area contributed by atoms with Crippen molar-refractivity contribution in [2.24, 2.45) is 7.05 Å². The normalized spacial score (nSPS) is 18.0. The van der Waals surface area contributed by atoms with E-state index in [2.05, 4.69) is 28.9 Å². The van der Waals surface area contributed by atoms with Crippen LogP contribution in [0.2, 0.25) is 0 Å². The largest absolute Gasteiger partial charge is 0.450 e. The van der Waals surface area contributed by atoms with Gasteiger partial charge < -0.3 is 24.4 Å². The van der Waals surface area contributed by atoms with E-state index in [1.807, 2.05) is 43.4 Å². The average Bonchev–Trinajstić information content (AvgIpc) is 3.29. The zero-order valence-corrected chi connectivity index (χ0v) is 21.0. The first-order chi connectivity index (χ1) is 17.4. The Morgan fingerprint density at radius 1 is 1.06 bits per heavy atom. The highest BCUT2D eigenvalue weighted by atomic mass is 16.6. The predicted molar refractivity (Wildman–Crippen MR) is 137 cm³/mol. The van der Waals surface area contributed by atoms with E-state index in [1.54, 1.807) is 16.7 Å². The van der Waals surface area contributed by atoms with E-state index >= 15 is 0 Å². The van der Waals surface area contributed by atoms with Crippen molar-refractivity contribution in [1.82, 2.24) is 19.7 Å². The van der Waals surface area contributed by atoms with Crippen LogP contribution in [0.3, 0.4) is 0 Å². The molecule has 2 aliphatic rings. The van der Waals surface area contributed by atoms with E-state index in [-0.39, 0.29) is 36.5 Å². The Morgan fingerprint density at radius 2 is 1.75 bits per heavy atom. The van der Waals surface area contributed by atoms with Gasteiger partial charge in [0.15, 0.2) is 0 Å². The Hall–Kier alpha value is -3.81. The third kappa shape index (κ3) is 4.10. The fraction of sp³-hybridized carbons (Fsp3) is 0.393. The fourth-order valence-electron chi connectivity index (χ4n) is 5.59. The molecule has 188 valence electrons. The highest BCUT2D eigenvalue weighted by Gasteiger charge is 2.41. The van der Waals surface area contributed by atoms with Gasteiger partial charge in [-0.1, -0.05) is 36.4 Å². The van der Waals surface area contributed by atoms with Gasteiger partial charge in [-0.15, -0.1) is 0 Å². The Labute approximate surface area is 210 Å². The highest BCUT2D eigenvalue weighted by molar-refractivity contribution is 6.02. The Bertz CT molecular complexity index is 1320. The molecule has 0 saturated carbocycles. The second-order valence-electron chi connectivity index (χ2n) is 9.53. The number of para-hydroxylation sites is 1. The number of hydrogen-bond donors (Lipinski definition) is 1. The molecule has 2 aromatic carbocycles. The molecule has 1 N–H and O–H groups in total. The smallest absolute Gasteiger partial charge is 0.409 e. The molecule has 36 heavy (non-hydrogen) atoms. The van der Waals surface area contributed by atoms with Crippen LogP contribution < -0.4 is 5.32 Å². The van der Waals surface area contributed by atoms with E-state index in [0.717, 1.165) is 27.7 Å². The standard InChI is InChI=1S/C28H32N4O4/c1-4-36-28(35)31-15-13-19(14-16-31)29-24(33)17-32-26(20-9-5-6-10-21(20)27(32)34)25-18(2)30(3)23-12-8-7-11-22(23)25/h5-12,19,26H,4,13-17H2,1-3H3,(H,29,33)/t26-/m0/s1. The summed E-state index contributed by atoms with van der Waals surface area (Å²) in [6.45, 7) is 5.25. The molecule has 3 aromatic rings. The van der Waals surface area contributed by atoms with Crippen LogP contribution in [0, 0.1) is 6.92 Å². The van der Waals surface area contributed by atoms with Gasteiger partial charge in [0.05, 0.1) is 12.6 Å². The number of aromatic nitrogens is 1. The van der Waals surface area contributed by atoms with Gasteiger partial charge in [0.1, 0.15) is 6.54 Å². The number of carbonyl (C=O) groups excluding carboxylic acids is 3. The number of rotatable bonds is 5. The molecule has 8 heteroatoms. The highest BCUT2D eigenvalue weighted by Crippen LogP contribution is 2.43. The number of hydrogen-bond acceptors (Lipinski definition) is 4. The number of nitrogens with one attached hydrogen (secondary N) is 1. The number of nitrogens with zero attached hydrogens (tertiary/aromatic N) is 3. The molecular weight excluding hydrogens is 456 g/mol. The van der Waals surface area contributed by atoms with Crippen LogP contribution in [0.15, 0.2) is 48.5 Å². The Balaban J connectivity index is 1.38. The summed E-state index contributed by atoms with van der Waals surface area (Å²) in [6, 6.07) is 15.4. The van der Waals surface area contributed by atoms with Gasteiger partial charge in [0.25, 0.3) is 5.91 Å². The minimum atomic E-state index is -0.337. The van der Waals surface area contributed by atoms with Crippen molar-refractivity contribution in [2.75, 3.05) is 26.2 Å². The summed E-state index contributed by atoms with van der Waals surface area (Å²) in [5.74, 6) is -0.316. The lowest BCUT2D eigenvalue weighted by Crippen LogP contribution is -2.49. The van der Waals surface area contributed by atoms with Crippen molar-refractivity contribution in [3.8, 4) is 0 Å². The summed E-state index contributed by atoms with van der Waals surface area (Å²) in [6.07, 6.45) is 1.01. The molecule has 1 saturated heterocycles. The predicted octanol–water partition coefficient (Wildman–Crippen LogP) is 3.77. The average molecular weight is 489 g/mol. The molecule has 8 nitrogen and oxygen atoms in total. The molecule has 1 atom stereocenters. The first kappa shape index (κ1) is 23.9. The summed E-state index contributed by atoms with van der Waals surface area (Å²) < 4.78 is 7.22. The van der Waals surface area contributed by atoms with Gasteiger partial charge in [0.2, 0.25) is 5.91 Å². The molecule has 1 aromatic heterocycles. The van der Waals surface area contributed by atoms with E-state index in [9.17, 15) is 14.4 Å². The molecule has 0 unspecified atom stereocenters. The lowest BCUT2D eigenvalue weighted by molar-refractivity contribution is -0.123. The Morgan fingerprint density at radius 3 is 2.50 bits per heavy atom. The van der Waals surface area contributed by atoms with Crippen LogP contribution in [-0.4, -0.2) is 64.6 Å². The van der Waals surface area contributed by atoms with Gasteiger partial charge in [0, 0.05) is 53.9 Å². The molecule has 3 heterocycles. The maximum Gasteiger partial charge on any atom is 0.409 e. The topological polar surface area (TPSA) is 83.9 Å². The zero-order chi connectivity index (χ0) is 25.4. The first-order valence-corrected chi connectivity index (χ1v) is 12.6. The number of likely N-dealkylation sites (tertiary alicyclic amines) is 1. The summed E-state index contributed by atoms with van der Waals surface area (Å²) >= 11 is 0. The van der Waals surface area contributed by atoms with E-state index in [4.69, 9.17) is 4.74 Å². The molecule has 2 aliphatic heterocycles. The second-order valence-corrected chi connectivity index (χ2v) is 9.53. The molecule has 0 radical (unpaired) electrons. The summed E-state index contributed by atoms with van der Waals surface area (Å²) in [5.41, 5.74) is 4.80. The third-order valence-electron chi connectivity index (χ3n) is 7.48. The van der Waals surface area contributed by atoms with E-state index in [1.165, 1.54) is 0 Å². The number of carbonyl (C=O) groups is 3. The lowest BCUT2D eigenvalue weighted by Gasteiger charge is -2.32. The SMILES string of the molecule is CCOC(=O)N1CCC(NC(=O)CN2C(=O)c3ccccc3[C@H]2c2c(C)n(C)c3ccccc23)CC1. The van der Waals surface area contributed by atoms with Gasteiger partial charge in [-0.3, -0.25) is 9.59 Å². The lowest BCUT2D eigenvalue weighted by atomic mass is 9.95. The summed E-state index contributed by atoms with van der Waals surface area (Å²) in [4.78, 5) is 42.1. The maximum atomic E-state index is 13.5. The van der Waals surface area contributed by atoms with Gasteiger partial charge in [-0.2, -0.15) is 0 Å². The number of amides is 3. The molecule has 0 bridgehead atoms. The van der Waals surface area contributed by atoms with Crippen molar-refractivity contribution in [1.29, 1.82) is 0 Å². The van der Waals surface area contributed by atoms with Crippen molar-refractivity contribution in [3.05, 3.63) is 70.9 Å². The van der Waals surface area contributed by atoms with Crippen molar-refractivity contribution >= 4 is 28.8 Å². The van der Waals surface area contributed by atoms with Crippen LogP contribution in [-0.2, 0) is 16.6 Å². The third-order valence-corrected chi connectivity index (χ3v) is 7.48. The number of piperidine rings is 1. The van der Waals surface area contributed by atoms with E-state index < -0.39 is 0 Å². The molecular formula is C28H32N4O4. The first-order valence-electron chi connectivity index (χ1n) is 12.6. The Kier molecular flexibility index (Phi) is 6.43. The number of fused-ring (bicyclic) bond motifs is 2. The summed E-state index contributed by atoms with van der Waals surface area (Å²) in [5, 5.41) is 4.18. The zero-order valence-electron chi connectivity index (χ0n) is 21.0. The minimum absolute atomic E-state index is 0.0288. The molecule has 3 amide bonds. The second kappa shape index (κ2) is 9.68. The quantitative estimate of drug-likeness (QED) is 0.593. The monoisotopic (exact) mass is 488 g/mol. The summed E-state index contributed by atoms with van der Waals surface area (Å²) in [7, 11) is 2.03. The minimum Gasteiger partial charge on any atom is -0.450 e.